The van der Waals surface area contributed by atoms with E-state index in [1.165, 1.54) is 6.07 Å². The molecule has 1 aromatic carbocycles. The third-order valence-corrected chi connectivity index (χ3v) is 3.11. The second-order valence-electron chi connectivity index (χ2n) is 4.36. The topological polar surface area (TPSA) is 48.1 Å². The first-order valence-electron chi connectivity index (χ1n) is 5.88. The van der Waals surface area contributed by atoms with Gasteiger partial charge < -0.3 is 10.5 Å². The van der Waals surface area contributed by atoms with Crippen molar-refractivity contribution in [1.82, 2.24) is 4.98 Å². The van der Waals surface area contributed by atoms with Gasteiger partial charge >= 0.3 is 0 Å². The molecule has 2 aromatic rings. The van der Waals surface area contributed by atoms with Crippen LogP contribution in [0.5, 0.6) is 11.6 Å². The van der Waals surface area contributed by atoms with E-state index in [1.54, 1.807) is 24.4 Å². The Balaban J connectivity index is 2.08. The minimum absolute atomic E-state index is 0.0918. The van der Waals surface area contributed by atoms with Crippen LogP contribution in [0, 0.1) is 5.82 Å². The maximum atomic E-state index is 13.3. The molecule has 2 N–H and O–H groups in total. The van der Waals surface area contributed by atoms with Gasteiger partial charge in [-0.2, -0.15) is 0 Å². The van der Waals surface area contributed by atoms with Crippen LogP contribution in [0.1, 0.15) is 12.5 Å². The predicted molar refractivity (Wildman–Crippen MR) is 75.8 cm³/mol. The molecule has 0 radical (unpaired) electrons. The van der Waals surface area contributed by atoms with Gasteiger partial charge in [0.05, 0.1) is 4.47 Å². The molecular formula is C14H14BrFN2O. The van der Waals surface area contributed by atoms with Crippen LogP contribution in [0.4, 0.5) is 4.39 Å². The summed E-state index contributed by atoms with van der Waals surface area (Å²) in [5.74, 6) is 0.467. The standard InChI is InChI=1S/C14H14BrFN2O/c1-9(17)6-10-2-5-14(18-8-10)19-11-3-4-12(15)13(16)7-11/h2-5,7-9H,6,17H2,1H3. The summed E-state index contributed by atoms with van der Waals surface area (Å²) in [5, 5.41) is 0. The summed E-state index contributed by atoms with van der Waals surface area (Å²) in [6.07, 6.45) is 2.48. The highest BCUT2D eigenvalue weighted by Crippen LogP contribution is 2.24. The number of pyridine rings is 1. The molecule has 0 aliphatic heterocycles. The zero-order chi connectivity index (χ0) is 13.8. The lowest BCUT2D eigenvalue weighted by Crippen LogP contribution is -2.17. The van der Waals surface area contributed by atoms with E-state index in [2.05, 4.69) is 20.9 Å². The van der Waals surface area contributed by atoms with Crippen molar-refractivity contribution in [3.63, 3.8) is 0 Å². The highest BCUT2D eigenvalue weighted by atomic mass is 79.9. The number of halogens is 2. The summed E-state index contributed by atoms with van der Waals surface area (Å²) in [7, 11) is 0. The maximum absolute atomic E-state index is 13.3. The van der Waals surface area contributed by atoms with Crippen molar-refractivity contribution in [3.05, 3.63) is 52.4 Å². The van der Waals surface area contributed by atoms with Gasteiger partial charge in [-0.1, -0.05) is 6.07 Å². The van der Waals surface area contributed by atoms with Crippen LogP contribution in [-0.2, 0) is 6.42 Å². The summed E-state index contributed by atoms with van der Waals surface area (Å²) < 4.78 is 19.2. The summed E-state index contributed by atoms with van der Waals surface area (Å²) in [6.45, 7) is 1.94. The lowest BCUT2D eigenvalue weighted by atomic mass is 10.1. The maximum Gasteiger partial charge on any atom is 0.219 e. The number of rotatable bonds is 4. The molecule has 0 bridgehead atoms. The van der Waals surface area contributed by atoms with Crippen LogP contribution < -0.4 is 10.5 Å². The molecule has 0 saturated heterocycles. The molecule has 0 aliphatic carbocycles. The molecule has 0 aliphatic rings. The van der Waals surface area contributed by atoms with E-state index in [-0.39, 0.29) is 11.9 Å². The molecule has 2 rings (SSSR count). The molecule has 19 heavy (non-hydrogen) atoms. The highest BCUT2D eigenvalue weighted by molar-refractivity contribution is 9.10. The lowest BCUT2D eigenvalue weighted by molar-refractivity contribution is 0.457. The predicted octanol–water partition coefficient (Wildman–Crippen LogP) is 3.67. The number of aromatic nitrogens is 1. The first-order valence-corrected chi connectivity index (χ1v) is 6.67. The molecule has 5 heteroatoms. The molecule has 3 nitrogen and oxygen atoms in total. The monoisotopic (exact) mass is 324 g/mol. The fraction of sp³-hybridized carbons (Fsp3) is 0.214. The van der Waals surface area contributed by atoms with E-state index < -0.39 is 0 Å². The smallest absolute Gasteiger partial charge is 0.219 e. The minimum atomic E-state index is -0.369. The van der Waals surface area contributed by atoms with Gasteiger partial charge in [0.15, 0.2) is 0 Å². The van der Waals surface area contributed by atoms with E-state index in [9.17, 15) is 4.39 Å². The summed E-state index contributed by atoms with van der Waals surface area (Å²) in [6, 6.07) is 8.31. The first-order chi connectivity index (χ1) is 9.04. The molecule has 1 heterocycles. The highest BCUT2D eigenvalue weighted by Gasteiger charge is 2.04. The average molecular weight is 325 g/mol. The third-order valence-electron chi connectivity index (χ3n) is 2.47. The molecule has 100 valence electrons. The quantitative estimate of drug-likeness (QED) is 0.933. The van der Waals surface area contributed by atoms with Crippen molar-refractivity contribution >= 4 is 15.9 Å². The largest absolute Gasteiger partial charge is 0.439 e. The zero-order valence-corrected chi connectivity index (χ0v) is 12.0. The van der Waals surface area contributed by atoms with E-state index in [1.807, 2.05) is 13.0 Å². The second kappa shape index (κ2) is 6.12. The van der Waals surface area contributed by atoms with Crippen molar-refractivity contribution in [2.24, 2.45) is 5.73 Å². The average Bonchev–Trinajstić information content (AvgIpc) is 2.36. The first kappa shape index (κ1) is 14.0. The Morgan fingerprint density at radius 2 is 2.16 bits per heavy atom. The van der Waals surface area contributed by atoms with Crippen LogP contribution >= 0.6 is 15.9 Å². The van der Waals surface area contributed by atoms with Crippen molar-refractivity contribution in [1.29, 1.82) is 0 Å². The van der Waals surface area contributed by atoms with E-state index in [4.69, 9.17) is 10.5 Å². The summed E-state index contributed by atoms with van der Waals surface area (Å²) in [4.78, 5) is 4.17. The van der Waals surface area contributed by atoms with Gasteiger partial charge in [0.25, 0.3) is 0 Å². The number of nitrogens with zero attached hydrogens (tertiary/aromatic N) is 1. The minimum Gasteiger partial charge on any atom is -0.439 e. The summed E-state index contributed by atoms with van der Waals surface area (Å²) in [5.41, 5.74) is 6.76. The Labute approximate surface area is 119 Å². The van der Waals surface area contributed by atoms with Crippen molar-refractivity contribution < 1.29 is 9.13 Å². The van der Waals surface area contributed by atoms with Crippen molar-refractivity contribution in [2.45, 2.75) is 19.4 Å². The Kier molecular flexibility index (Phi) is 4.50. The molecule has 0 fully saturated rings. The van der Waals surface area contributed by atoms with Gasteiger partial charge in [-0.15, -0.1) is 0 Å². The van der Waals surface area contributed by atoms with Crippen LogP contribution in [0.15, 0.2) is 41.0 Å². The van der Waals surface area contributed by atoms with Gasteiger partial charge in [0.1, 0.15) is 11.6 Å². The second-order valence-corrected chi connectivity index (χ2v) is 5.22. The Morgan fingerprint density at radius 3 is 2.74 bits per heavy atom. The van der Waals surface area contributed by atoms with Crippen molar-refractivity contribution in [2.75, 3.05) is 0 Å². The Morgan fingerprint density at radius 1 is 1.37 bits per heavy atom. The van der Waals surface area contributed by atoms with Gasteiger partial charge in [-0.25, -0.2) is 9.37 Å². The van der Waals surface area contributed by atoms with E-state index >= 15 is 0 Å². The molecule has 1 atom stereocenters. The molecule has 1 unspecified atom stereocenters. The Hall–Kier alpha value is -1.46. The van der Waals surface area contributed by atoms with Crippen molar-refractivity contribution in [3.8, 4) is 11.6 Å². The number of ether oxygens (including phenoxy) is 1. The third kappa shape index (κ3) is 4.01. The fourth-order valence-electron chi connectivity index (χ4n) is 1.62. The number of benzene rings is 1. The molecule has 0 spiro atoms. The number of nitrogens with two attached hydrogens (primary N) is 1. The van der Waals surface area contributed by atoms with Crippen LogP contribution in [-0.4, -0.2) is 11.0 Å². The van der Waals surface area contributed by atoms with Gasteiger partial charge in [-0.3, -0.25) is 0 Å². The zero-order valence-electron chi connectivity index (χ0n) is 10.4. The van der Waals surface area contributed by atoms with Crippen LogP contribution in [0.3, 0.4) is 0 Å². The molecule has 1 aromatic heterocycles. The summed E-state index contributed by atoms with van der Waals surface area (Å²) >= 11 is 3.09. The van der Waals surface area contributed by atoms with Crippen LogP contribution in [0.25, 0.3) is 0 Å². The van der Waals surface area contributed by atoms with Crippen LogP contribution in [0.2, 0.25) is 0 Å². The fourth-order valence-corrected chi connectivity index (χ4v) is 1.87. The normalized spacial score (nSPS) is 12.2. The lowest BCUT2D eigenvalue weighted by Gasteiger charge is -2.07. The number of hydrogen-bond donors (Lipinski definition) is 1. The molecule has 0 saturated carbocycles. The van der Waals surface area contributed by atoms with Gasteiger partial charge in [0, 0.05) is 24.4 Å². The number of hydrogen-bond acceptors (Lipinski definition) is 3. The SMILES string of the molecule is CC(N)Cc1ccc(Oc2ccc(Br)c(F)c2)nc1. The van der Waals surface area contributed by atoms with Gasteiger partial charge in [0.2, 0.25) is 5.88 Å². The van der Waals surface area contributed by atoms with E-state index in [0.717, 1.165) is 12.0 Å². The van der Waals surface area contributed by atoms with Gasteiger partial charge in [-0.05, 0) is 47.0 Å². The molecular weight excluding hydrogens is 311 g/mol. The van der Waals surface area contributed by atoms with E-state index in [0.29, 0.717) is 16.1 Å². The Bertz CT molecular complexity index is 558. The molecule has 0 amide bonds.